The summed E-state index contributed by atoms with van der Waals surface area (Å²) in [6.07, 6.45) is -2.36. The molecule has 2 unspecified atom stereocenters. The summed E-state index contributed by atoms with van der Waals surface area (Å²) in [5.41, 5.74) is 0.233. The molecule has 2 atom stereocenters. The summed E-state index contributed by atoms with van der Waals surface area (Å²) in [5, 5.41) is 32.1. The van der Waals surface area contributed by atoms with Crippen molar-refractivity contribution in [1.29, 1.82) is 0 Å². The highest BCUT2D eigenvalue weighted by molar-refractivity contribution is 5.89. The molecule has 1 aromatic rings. The van der Waals surface area contributed by atoms with Crippen LogP contribution < -0.4 is 5.32 Å². The van der Waals surface area contributed by atoms with Crippen molar-refractivity contribution in [2.75, 3.05) is 13.7 Å². The molecular weight excluding hydrogens is 278 g/mol. The molecule has 0 aromatic heterocycles. The van der Waals surface area contributed by atoms with Gasteiger partial charge in [0, 0.05) is 19.0 Å². The second-order valence-corrected chi connectivity index (χ2v) is 4.55. The molecular formula is C14H19NO6. The van der Waals surface area contributed by atoms with Gasteiger partial charge in [0.1, 0.15) is 11.9 Å². The van der Waals surface area contributed by atoms with Gasteiger partial charge in [-0.3, -0.25) is 4.79 Å². The second-order valence-electron chi connectivity index (χ2n) is 4.55. The van der Waals surface area contributed by atoms with Gasteiger partial charge in [0.05, 0.1) is 18.8 Å². The molecule has 0 saturated carbocycles. The SMILES string of the molecule is COC(=O)c1ccc(C(O)C(O)CCNC(C)=O)c(O)c1. The van der Waals surface area contributed by atoms with E-state index in [2.05, 4.69) is 10.1 Å². The number of benzene rings is 1. The van der Waals surface area contributed by atoms with Gasteiger partial charge in [-0.2, -0.15) is 0 Å². The fourth-order valence-corrected chi connectivity index (χ4v) is 1.80. The molecule has 1 amide bonds. The van der Waals surface area contributed by atoms with Crippen LogP contribution in [-0.4, -0.2) is 47.0 Å². The van der Waals surface area contributed by atoms with Crippen molar-refractivity contribution in [3.63, 3.8) is 0 Å². The molecule has 1 rings (SSSR count). The molecule has 0 spiro atoms. The molecule has 7 heteroatoms. The number of carbonyl (C=O) groups excluding carboxylic acids is 2. The van der Waals surface area contributed by atoms with Gasteiger partial charge in [0.25, 0.3) is 0 Å². The van der Waals surface area contributed by atoms with E-state index in [1.54, 1.807) is 0 Å². The van der Waals surface area contributed by atoms with E-state index in [-0.39, 0.29) is 35.7 Å². The molecule has 1 aromatic carbocycles. The molecule has 0 radical (unpaired) electrons. The number of nitrogens with one attached hydrogen (secondary N) is 1. The lowest BCUT2D eigenvalue weighted by atomic mass is 9.99. The van der Waals surface area contributed by atoms with Crippen LogP contribution >= 0.6 is 0 Å². The Balaban J connectivity index is 2.75. The van der Waals surface area contributed by atoms with Crippen LogP contribution in [0.25, 0.3) is 0 Å². The lowest BCUT2D eigenvalue weighted by molar-refractivity contribution is -0.119. The monoisotopic (exact) mass is 297 g/mol. The normalized spacial score (nSPS) is 13.3. The third kappa shape index (κ3) is 4.73. The lowest BCUT2D eigenvalue weighted by Crippen LogP contribution is -2.27. The Hall–Kier alpha value is -2.12. The zero-order valence-electron chi connectivity index (χ0n) is 11.9. The molecule has 0 fully saturated rings. The number of methoxy groups -OCH3 is 1. The van der Waals surface area contributed by atoms with Gasteiger partial charge >= 0.3 is 5.97 Å². The minimum atomic E-state index is -1.33. The number of aliphatic hydroxyl groups is 2. The van der Waals surface area contributed by atoms with Crippen LogP contribution in [0.3, 0.4) is 0 Å². The van der Waals surface area contributed by atoms with Crippen LogP contribution in [0.5, 0.6) is 5.75 Å². The molecule has 116 valence electrons. The molecule has 7 nitrogen and oxygen atoms in total. The number of phenols is 1. The number of aromatic hydroxyl groups is 1. The van der Waals surface area contributed by atoms with Gasteiger partial charge in [-0.25, -0.2) is 4.79 Å². The van der Waals surface area contributed by atoms with Crippen LogP contribution in [0.1, 0.15) is 35.4 Å². The van der Waals surface area contributed by atoms with Gasteiger partial charge < -0.3 is 25.4 Å². The Labute approximate surface area is 122 Å². The fourth-order valence-electron chi connectivity index (χ4n) is 1.80. The van der Waals surface area contributed by atoms with E-state index in [1.807, 2.05) is 0 Å². The number of phenolic OH excluding ortho intramolecular Hbond substituents is 1. The number of aliphatic hydroxyl groups excluding tert-OH is 2. The summed E-state index contributed by atoms with van der Waals surface area (Å²) in [4.78, 5) is 22.0. The zero-order chi connectivity index (χ0) is 16.0. The summed E-state index contributed by atoms with van der Waals surface area (Å²) in [5.74, 6) is -1.16. The Bertz CT molecular complexity index is 516. The standard InChI is InChI=1S/C14H19NO6/c1-8(16)15-6-5-11(17)13(19)10-4-3-9(7-12(10)18)14(20)21-2/h3-4,7,11,13,17-19H,5-6H2,1-2H3,(H,15,16). The number of rotatable bonds is 6. The maximum atomic E-state index is 11.3. The van der Waals surface area contributed by atoms with Gasteiger partial charge in [-0.1, -0.05) is 6.07 Å². The van der Waals surface area contributed by atoms with Crippen molar-refractivity contribution >= 4 is 11.9 Å². The number of ether oxygens (including phenoxy) is 1. The first-order valence-electron chi connectivity index (χ1n) is 6.38. The Morgan fingerprint density at radius 2 is 2.00 bits per heavy atom. The summed E-state index contributed by atoms with van der Waals surface area (Å²) < 4.78 is 4.51. The molecule has 0 aliphatic heterocycles. The van der Waals surface area contributed by atoms with Crippen molar-refractivity contribution < 1.29 is 29.6 Å². The van der Waals surface area contributed by atoms with Crippen LogP contribution in [0, 0.1) is 0 Å². The average Bonchev–Trinajstić information content (AvgIpc) is 2.45. The number of hydrogen-bond donors (Lipinski definition) is 4. The van der Waals surface area contributed by atoms with E-state index in [4.69, 9.17) is 0 Å². The Morgan fingerprint density at radius 3 is 2.52 bits per heavy atom. The highest BCUT2D eigenvalue weighted by Crippen LogP contribution is 2.28. The predicted octanol–water partition coefficient (Wildman–Crippen LogP) is 0.0993. The van der Waals surface area contributed by atoms with E-state index in [0.29, 0.717) is 0 Å². The summed E-state index contributed by atoms with van der Waals surface area (Å²) >= 11 is 0. The van der Waals surface area contributed by atoms with E-state index >= 15 is 0 Å². The first-order chi connectivity index (χ1) is 9.86. The maximum absolute atomic E-state index is 11.3. The minimum Gasteiger partial charge on any atom is -0.508 e. The second kappa shape index (κ2) is 7.61. The molecule has 4 N–H and O–H groups in total. The largest absolute Gasteiger partial charge is 0.508 e. The summed E-state index contributed by atoms with van der Waals surface area (Å²) in [7, 11) is 1.22. The van der Waals surface area contributed by atoms with E-state index < -0.39 is 18.2 Å². The van der Waals surface area contributed by atoms with Crippen molar-refractivity contribution in [2.24, 2.45) is 0 Å². The molecule has 0 heterocycles. The van der Waals surface area contributed by atoms with Crippen LogP contribution in [0.4, 0.5) is 0 Å². The third-order valence-corrected chi connectivity index (χ3v) is 2.95. The highest BCUT2D eigenvalue weighted by atomic mass is 16.5. The van der Waals surface area contributed by atoms with Gasteiger partial charge in [-0.15, -0.1) is 0 Å². The average molecular weight is 297 g/mol. The molecule has 0 aliphatic carbocycles. The van der Waals surface area contributed by atoms with Crippen LogP contribution in [0.15, 0.2) is 18.2 Å². The van der Waals surface area contributed by atoms with Crippen LogP contribution in [-0.2, 0) is 9.53 Å². The number of amides is 1. The third-order valence-electron chi connectivity index (χ3n) is 2.95. The van der Waals surface area contributed by atoms with E-state index in [1.165, 1.54) is 26.2 Å². The first-order valence-corrected chi connectivity index (χ1v) is 6.38. The number of carbonyl (C=O) groups is 2. The quantitative estimate of drug-likeness (QED) is 0.553. The lowest BCUT2D eigenvalue weighted by Gasteiger charge is -2.19. The van der Waals surface area contributed by atoms with Crippen molar-refractivity contribution in [3.05, 3.63) is 29.3 Å². The Kier molecular flexibility index (Phi) is 6.13. The number of esters is 1. The van der Waals surface area contributed by atoms with Gasteiger partial charge in [-0.05, 0) is 18.6 Å². The van der Waals surface area contributed by atoms with Gasteiger partial charge in [0.2, 0.25) is 5.91 Å². The first kappa shape index (κ1) is 16.9. The predicted molar refractivity (Wildman–Crippen MR) is 73.7 cm³/mol. The van der Waals surface area contributed by atoms with Crippen molar-refractivity contribution in [3.8, 4) is 5.75 Å². The zero-order valence-corrected chi connectivity index (χ0v) is 11.9. The topological polar surface area (TPSA) is 116 Å². The maximum Gasteiger partial charge on any atom is 0.337 e. The molecule has 0 aliphatic rings. The smallest absolute Gasteiger partial charge is 0.337 e. The van der Waals surface area contributed by atoms with E-state index in [9.17, 15) is 24.9 Å². The summed E-state index contributed by atoms with van der Waals surface area (Å²) in [6, 6.07) is 3.88. The Morgan fingerprint density at radius 1 is 1.33 bits per heavy atom. The highest BCUT2D eigenvalue weighted by Gasteiger charge is 2.22. The van der Waals surface area contributed by atoms with Crippen LogP contribution in [0.2, 0.25) is 0 Å². The fraction of sp³-hybridized carbons (Fsp3) is 0.429. The molecule has 21 heavy (non-hydrogen) atoms. The number of hydrogen-bond acceptors (Lipinski definition) is 6. The van der Waals surface area contributed by atoms with Crippen molar-refractivity contribution in [1.82, 2.24) is 5.32 Å². The summed E-state index contributed by atoms with van der Waals surface area (Å²) in [6.45, 7) is 1.55. The molecule has 0 bridgehead atoms. The van der Waals surface area contributed by atoms with Gasteiger partial charge in [0.15, 0.2) is 0 Å². The molecule has 0 saturated heterocycles. The van der Waals surface area contributed by atoms with Crippen molar-refractivity contribution in [2.45, 2.75) is 25.6 Å². The van der Waals surface area contributed by atoms with E-state index in [0.717, 1.165) is 6.07 Å². The minimum absolute atomic E-state index is 0.0954.